The molecule has 3 aromatic rings. The molecule has 19 heavy (non-hydrogen) atoms. The van der Waals surface area contributed by atoms with Crippen LogP contribution in [0.5, 0.6) is 5.75 Å². The molecular weight excluding hydrogens is 305 g/mol. The van der Waals surface area contributed by atoms with Gasteiger partial charge in [-0.3, -0.25) is 0 Å². The van der Waals surface area contributed by atoms with Crippen LogP contribution in [0, 0.1) is 0 Å². The molecule has 5 heteroatoms. The van der Waals surface area contributed by atoms with Gasteiger partial charge in [0, 0.05) is 0 Å². The summed E-state index contributed by atoms with van der Waals surface area (Å²) in [5.41, 5.74) is 4.26. The second-order valence-corrected chi connectivity index (χ2v) is 5.25. The Morgan fingerprint density at radius 2 is 1.95 bits per heavy atom. The van der Waals surface area contributed by atoms with Crippen molar-refractivity contribution in [1.29, 1.82) is 0 Å². The Hall–Kier alpha value is -1.84. The molecule has 0 radical (unpaired) electrons. The molecule has 2 aromatic carbocycles. The number of ether oxygens (including phenoxy) is 1. The third-order valence-corrected chi connectivity index (χ3v) is 4.07. The van der Waals surface area contributed by atoms with Gasteiger partial charge >= 0.3 is 117 Å². The van der Waals surface area contributed by atoms with Crippen molar-refractivity contribution < 1.29 is 4.74 Å². The van der Waals surface area contributed by atoms with Crippen LogP contribution >= 0.6 is 0 Å². The zero-order valence-electron chi connectivity index (χ0n) is 10.5. The average Bonchev–Trinajstić information content (AvgIpc) is 2.94. The van der Waals surface area contributed by atoms with Crippen molar-refractivity contribution in [2.24, 2.45) is 0 Å². The molecule has 0 saturated carbocycles. The van der Waals surface area contributed by atoms with Gasteiger partial charge in [0.1, 0.15) is 0 Å². The summed E-state index contributed by atoms with van der Waals surface area (Å²) in [5, 5.41) is 3.41. The molecule has 0 bridgehead atoms. The van der Waals surface area contributed by atoms with E-state index in [4.69, 9.17) is 4.74 Å². The number of methoxy groups -OCH3 is 1. The first-order valence-corrected chi connectivity index (χ1v) is 7.48. The van der Waals surface area contributed by atoms with Crippen LogP contribution in [-0.2, 0) is 6.54 Å². The van der Waals surface area contributed by atoms with E-state index >= 15 is 0 Å². The Labute approximate surface area is 117 Å². The van der Waals surface area contributed by atoms with E-state index in [-0.39, 0.29) is 15.0 Å². The van der Waals surface area contributed by atoms with E-state index in [9.17, 15) is 0 Å². The minimum absolute atomic E-state index is 0.0141. The molecule has 96 valence electrons. The third-order valence-electron chi connectivity index (χ3n) is 2.93. The third kappa shape index (κ3) is 2.62. The van der Waals surface area contributed by atoms with E-state index in [1.54, 1.807) is 7.11 Å². The molecule has 1 N–H and O–H groups in total. The summed E-state index contributed by atoms with van der Waals surface area (Å²) in [6.07, 6.45) is 0. The monoisotopic (exact) mass is 319 g/mol. The Kier molecular flexibility index (Phi) is 3.49. The van der Waals surface area contributed by atoms with Crippen LogP contribution in [0.3, 0.4) is 0 Å². The molecule has 0 aliphatic rings. The number of nitrogens with zero attached hydrogens (tertiary/aromatic N) is 2. The van der Waals surface area contributed by atoms with Crippen molar-refractivity contribution >= 4 is 31.7 Å². The van der Waals surface area contributed by atoms with Crippen LogP contribution in [-0.4, -0.2) is 30.0 Å². The van der Waals surface area contributed by atoms with Crippen LogP contribution in [0.25, 0.3) is 11.0 Å². The van der Waals surface area contributed by atoms with E-state index in [2.05, 4.69) is 25.4 Å². The fraction of sp³-hybridized carbons (Fsp3) is 0.143. The molecule has 4 nitrogen and oxygen atoms in total. The second kappa shape index (κ2) is 5.43. The Bertz CT molecular complexity index is 678. The molecule has 1 heterocycles. The van der Waals surface area contributed by atoms with E-state index in [1.165, 1.54) is 5.56 Å². The predicted molar refractivity (Wildman–Crippen MR) is 76.8 cm³/mol. The number of aromatic nitrogens is 2. The molecule has 0 spiro atoms. The Morgan fingerprint density at radius 1 is 1.11 bits per heavy atom. The second-order valence-electron chi connectivity index (χ2n) is 4.14. The molecule has 0 saturated heterocycles. The van der Waals surface area contributed by atoms with Crippen LogP contribution in [0.2, 0.25) is 0 Å². The fourth-order valence-corrected chi connectivity index (χ4v) is 3.04. The van der Waals surface area contributed by atoms with Gasteiger partial charge in [-0.1, -0.05) is 0 Å². The van der Waals surface area contributed by atoms with Gasteiger partial charge in [0.2, 0.25) is 0 Å². The van der Waals surface area contributed by atoms with Gasteiger partial charge in [0.05, 0.1) is 0 Å². The Morgan fingerprint density at radius 3 is 2.74 bits per heavy atom. The molecule has 0 atom stereocenters. The van der Waals surface area contributed by atoms with Gasteiger partial charge in [0.15, 0.2) is 0 Å². The van der Waals surface area contributed by atoms with Gasteiger partial charge in [-0.25, -0.2) is 0 Å². The number of benzene rings is 2. The standard InChI is InChI=1S/C14H13N3OSe/c1-18-11-7-5-10(6-8-11)9-15-12-3-2-4-13-14(12)17-19-16-13/h2-8,15H,9H2,1H3. The number of hydrogen-bond donors (Lipinski definition) is 1. The van der Waals surface area contributed by atoms with Crippen molar-refractivity contribution in [2.75, 3.05) is 12.4 Å². The van der Waals surface area contributed by atoms with Crippen LogP contribution in [0.15, 0.2) is 42.5 Å². The SMILES string of the molecule is COc1ccc(CNc2cccc3n[se]nc23)cc1. The summed E-state index contributed by atoms with van der Waals surface area (Å²) in [4.78, 5) is 0. The maximum atomic E-state index is 5.15. The first kappa shape index (κ1) is 12.2. The maximum absolute atomic E-state index is 5.15. The van der Waals surface area contributed by atoms with Crippen molar-refractivity contribution in [3.63, 3.8) is 0 Å². The topological polar surface area (TPSA) is 47.0 Å². The average molecular weight is 318 g/mol. The van der Waals surface area contributed by atoms with Gasteiger partial charge in [-0.2, -0.15) is 0 Å². The molecule has 3 rings (SSSR count). The number of fused-ring (bicyclic) bond motifs is 1. The molecule has 0 aliphatic heterocycles. The molecular formula is C14H13N3OSe. The molecule has 0 aliphatic carbocycles. The number of rotatable bonds is 4. The van der Waals surface area contributed by atoms with Crippen molar-refractivity contribution in [1.82, 2.24) is 7.96 Å². The van der Waals surface area contributed by atoms with E-state index in [0.717, 1.165) is 29.0 Å². The Balaban J connectivity index is 1.76. The van der Waals surface area contributed by atoms with Gasteiger partial charge in [0.25, 0.3) is 0 Å². The van der Waals surface area contributed by atoms with Crippen LogP contribution < -0.4 is 10.1 Å². The van der Waals surface area contributed by atoms with E-state index in [1.807, 2.05) is 30.3 Å². The normalized spacial score (nSPS) is 10.6. The number of hydrogen-bond acceptors (Lipinski definition) is 4. The van der Waals surface area contributed by atoms with E-state index in [0.29, 0.717) is 0 Å². The number of anilines is 1. The van der Waals surface area contributed by atoms with Crippen molar-refractivity contribution in [2.45, 2.75) is 6.54 Å². The summed E-state index contributed by atoms with van der Waals surface area (Å²) >= 11 is 0.0141. The summed E-state index contributed by atoms with van der Waals surface area (Å²) in [6, 6.07) is 14.1. The van der Waals surface area contributed by atoms with Crippen molar-refractivity contribution in [3.05, 3.63) is 48.0 Å². The quantitative estimate of drug-likeness (QED) is 0.750. The van der Waals surface area contributed by atoms with E-state index < -0.39 is 0 Å². The molecule has 0 fully saturated rings. The summed E-state index contributed by atoms with van der Waals surface area (Å²) < 4.78 is 14.0. The molecule has 0 unspecified atom stereocenters. The van der Waals surface area contributed by atoms with Gasteiger partial charge < -0.3 is 0 Å². The first-order valence-electron chi connectivity index (χ1n) is 5.95. The number of nitrogens with one attached hydrogen (secondary N) is 1. The summed E-state index contributed by atoms with van der Waals surface area (Å²) in [7, 11) is 1.67. The molecule has 1 aromatic heterocycles. The zero-order chi connectivity index (χ0) is 13.1. The van der Waals surface area contributed by atoms with Crippen LogP contribution in [0.1, 0.15) is 5.56 Å². The predicted octanol–water partition coefficient (Wildman–Crippen LogP) is 2.31. The zero-order valence-corrected chi connectivity index (χ0v) is 12.2. The summed E-state index contributed by atoms with van der Waals surface area (Å²) in [5.74, 6) is 0.876. The summed E-state index contributed by atoms with van der Waals surface area (Å²) in [6.45, 7) is 0.767. The van der Waals surface area contributed by atoms with Gasteiger partial charge in [-0.15, -0.1) is 0 Å². The van der Waals surface area contributed by atoms with Gasteiger partial charge in [-0.05, 0) is 0 Å². The van der Waals surface area contributed by atoms with Crippen LogP contribution in [0.4, 0.5) is 5.69 Å². The first-order chi connectivity index (χ1) is 9.36. The molecule has 0 amide bonds. The van der Waals surface area contributed by atoms with Crippen molar-refractivity contribution in [3.8, 4) is 5.75 Å². The fourth-order valence-electron chi connectivity index (χ4n) is 1.89. The minimum atomic E-state index is 0.0141.